The minimum atomic E-state index is 0.633. The van der Waals surface area contributed by atoms with Gasteiger partial charge in [-0.15, -0.1) is 11.3 Å². The van der Waals surface area contributed by atoms with Crippen LogP contribution in [0.2, 0.25) is 0 Å². The standard InChI is InChI=1S/C55H32N4S/c1-2-14-34-29-38(26-25-33(34)13-1)53-56-54(45-31-37-17-5-6-18-39(37)40-19-7-8-20-41(40)45)58-55(57-53)52-47(27-28-50-51(52)43-22-10-12-24-49(43)60-50)59-46-23-11-9-21-42(46)44-30-35-15-3-4-16-36(35)32-48(44)59/h1-32H. The fourth-order valence-electron chi connectivity index (χ4n) is 9.44. The van der Waals surface area contributed by atoms with E-state index in [1.807, 2.05) is 11.3 Å². The van der Waals surface area contributed by atoms with Crippen LogP contribution in [0.4, 0.5) is 0 Å². The predicted octanol–water partition coefficient (Wildman–Crippen LogP) is 15.0. The molecule has 0 atom stereocenters. The van der Waals surface area contributed by atoms with Crippen molar-refractivity contribution < 1.29 is 0 Å². The summed E-state index contributed by atoms with van der Waals surface area (Å²) in [5, 5.41) is 14.1. The van der Waals surface area contributed by atoms with Crippen LogP contribution in [0.25, 0.3) is 125 Å². The van der Waals surface area contributed by atoms with Gasteiger partial charge in [-0.05, 0) is 91.6 Å². The summed E-state index contributed by atoms with van der Waals surface area (Å²) in [5.41, 5.74) is 6.19. The summed E-state index contributed by atoms with van der Waals surface area (Å²) in [4.78, 5) is 16.5. The van der Waals surface area contributed by atoms with Crippen LogP contribution >= 0.6 is 11.3 Å². The van der Waals surface area contributed by atoms with Gasteiger partial charge in [0.15, 0.2) is 17.5 Å². The third-order valence-electron chi connectivity index (χ3n) is 12.2. The summed E-state index contributed by atoms with van der Waals surface area (Å²) >= 11 is 1.81. The van der Waals surface area contributed by atoms with E-state index in [9.17, 15) is 0 Å². The molecule has 0 fully saturated rings. The first-order chi connectivity index (χ1) is 29.7. The Morgan fingerprint density at radius 2 is 0.967 bits per heavy atom. The third kappa shape index (κ3) is 5.00. The molecule has 10 aromatic carbocycles. The Hall–Kier alpha value is -7.73. The van der Waals surface area contributed by atoms with E-state index in [4.69, 9.17) is 15.0 Å². The number of aromatic nitrogens is 4. The minimum Gasteiger partial charge on any atom is -0.308 e. The van der Waals surface area contributed by atoms with Gasteiger partial charge in [-0.2, -0.15) is 0 Å². The highest BCUT2D eigenvalue weighted by atomic mass is 32.1. The molecule has 0 N–H and O–H groups in total. The first-order valence-electron chi connectivity index (χ1n) is 20.3. The Kier molecular flexibility index (Phi) is 7.14. The monoisotopic (exact) mass is 780 g/mol. The van der Waals surface area contributed by atoms with Gasteiger partial charge in [-0.25, -0.2) is 15.0 Å². The molecule has 13 rings (SSSR count). The van der Waals surface area contributed by atoms with E-state index in [-0.39, 0.29) is 0 Å². The van der Waals surface area contributed by atoms with Gasteiger partial charge in [-0.3, -0.25) is 0 Å². The maximum absolute atomic E-state index is 5.60. The molecule has 0 unspecified atom stereocenters. The van der Waals surface area contributed by atoms with Crippen molar-refractivity contribution in [2.45, 2.75) is 0 Å². The Labute approximate surface area is 348 Å². The summed E-state index contributed by atoms with van der Waals surface area (Å²) in [7, 11) is 0. The molecule has 0 spiro atoms. The third-order valence-corrected chi connectivity index (χ3v) is 13.3. The van der Waals surface area contributed by atoms with Crippen LogP contribution in [0.15, 0.2) is 194 Å². The fourth-order valence-corrected chi connectivity index (χ4v) is 10.6. The van der Waals surface area contributed by atoms with Crippen LogP contribution in [-0.4, -0.2) is 19.5 Å². The molecule has 0 aliphatic rings. The quantitative estimate of drug-likeness (QED) is 0.167. The highest BCUT2D eigenvalue weighted by Crippen LogP contribution is 2.46. The smallest absolute Gasteiger partial charge is 0.166 e. The van der Waals surface area contributed by atoms with Crippen molar-refractivity contribution in [3.05, 3.63) is 194 Å². The van der Waals surface area contributed by atoms with E-state index in [2.05, 4.69) is 199 Å². The molecule has 278 valence electrons. The second-order valence-electron chi connectivity index (χ2n) is 15.6. The van der Waals surface area contributed by atoms with E-state index in [0.29, 0.717) is 17.5 Å². The minimum absolute atomic E-state index is 0.633. The summed E-state index contributed by atoms with van der Waals surface area (Å²) < 4.78 is 4.85. The van der Waals surface area contributed by atoms with Gasteiger partial charge in [0, 0.05) is 42.1 Å². The Morgan fingerprint density at radius 3 is 1.80 bits per heavy atom. The van der Waals surface area contributed by atoms with Crippen LogP contribution in [0.5, 0.6) is 0 Å². The first kappa shape index (κ1) is 33.3. The predicted molar refractivity (Wildman–Crippen MR) is 253 cm³/mol. The molecule has 0 saturated heterocycles. The van der Waals surface area contributed by atoms with Crippen molar-refractivity contribution in [2.24, 2.45) is 0 Å². The number of thiophene rings is 1. The second-order valence-corrected chi connectivity index (χ2v) is 16.6. The lowest BCUT2D eigenvalue weighted by Crippen LogP contribution is -2.04. The zero-order valence-electron chi connectivity index (χ0n) is 32.2. The number of hydrogen-bond donors (Lipinski definition) is 0. The highest BCUT2D eigenvalue weighted by Gasteiger charge is 2.24. The molecule has 0 saturated carbocycles. The van der Waals surface area contributed by atoms with Crippen molar-refractivity contribution in [1.29, 1.82) is 0 Å². The lowest BCUT2D eigenvalue weighted by Gasteiger charge is -2.17. The van der Waals surface area contributed by atoms with Crippen LogP contribution < -0.4 is 0 Å². The normalized spacial score (nSPS) is 12.0. The largest absolute Gasteiger partial charge is 0.308 e. The fraction of sp³-hybridized carbons (Fsp3) is 0. The molecule has 0 aliphatic heterocycles. The van der Waals surface area contributed by atoms with Crippen molar-refractivity contribution in [3.63, 3.8) is 0 Å². The van der Waals surface area contributed by atoms with Gasteiger partial charge in [-0.1, -0.05) is 146 Å². The van der Waals surface area contributed by atoms with Crippen LogP contribution in [0, 0.1) is 0 Å². The molecule has 0 amide bonds. The maximum Gasteiger partial charge on any atom is 0.166 e. The molecule has 60 heavy (non-hydrogen) atoms. The van der Waals surface area contributed by atoms with E-state index in [1.54, 1.807) is 0 Å². The topological polar surface area (TPSA) is 43.6 Å². The Morgan fingerprint density at radius 1 is 0.350 bits per heavy atom. The molecule has 0 aliphatic carbocycles. The van der Waals surface area contributed by atoms with Gasteiger partial charge in [0.2, 0.25) is 0 Å². The van der Waals surface area contributed by atoms with E-state index in [1.165, 1.54) is 52.5 Å². The van der Waals surface area contributed by atoms with Gasteiger partial charge in [0.05, 0.1) is 22.3 Å². The van der Waals surface area contributed by atoms with Gasteiger partial charge < -0.3 is 4.57 Å². The number of para-hydroxylation sites is 1. The van der Waals surface area contributed by atoms with Crippen LogP contribution in [0.3, 0.4) is 0 Å². The van der Waals surface area contributed by atoms with Crippen molar-refractivity contribution in [1.82, 2.24) is 19.5 Å². The van der Waals surface area contributed by atoms with Gasteiger partial charge >= 0.3 is 0 Å². The van der Waals surface area contributed by atoms with Gasteiger partial charge in [0.1, 0.15) is 0 Å². The molecule has 4 nitrogen and oxygen atoms in total. The highest BCUT2D eigenvalue weighted by molar-refractivity contribution is 7.26. The van der Waals surface area contributed by atoms with Crippen molar-refractivity contribution in [3.8, 4) is 39.9 Å². The lowest BCUT2D eigenvalue weighted by molar-refractivity contribution is 1.07. The van der Waals surface area contributed by atoms with E-state index >= 15 is 0 Å². The SMILES string of the molecule is c1ccc2cc(-c3nc(-c4cc5ccccc5c5ccccc45)nc(-c4c(-n5c6ccccc6c6cc7ccccc7cc65)ccc5sc6ccccc6c45)n3)ccc2c1. The zero-order chi connectivity index (χ0) is 39.3. The summed E-state index contributed by atoms with van der Waals surface area (Å²) in [6.45, 7) is 0. The first-order valence-corrected chi connectivity index (χ1v) is 21.1. The average molecular weight is 781 g/mol. The van der Waals surface area contributed by atoms with Crippen LogP contribution in [-0.2, 0) is 0 Å². The van der Waals surface area contributed by atoms with Crippen molar-refractivity contribution >= 4 is 96.4 Å². The molecular formula is C55H32N4S. The van der Waals surface area contributed by atoms with Gasteiger partial charge in [0.25, 0.3) is 0 Å². The summed E-state index contributed by atoms with van der Waals surface area (Å²) in [6, 6.07) is 69.8. The molecule has 13 aromatic rings. The Bertz CT molecular complexity index is 3910. The maximum atomic E-state index is 5.60. The lowest BCUT2D eigenvalue weighted by atomic mass is 9.96. The molecule has 5 heteroatoms. The number of fused-ring (bicyclic) bond motifs is 11. The summed E-state index contributed by atoms with van der Waals surface area (Å²) in [6.07, 6.45) is 0. The number of rotatable bonds is 4. The Balaban J connectivity index is 1.19. The van der Waals surface area contributed by atoms with E-state index < -0.39 is 0 Å². The number of nitrogens with zero attached hydrogens (tertiary/aromatic N) is 4. The molecule has 0 radical (unpaired) electrons. The molecule has 0 bridgehead atoms. The van der Waals surface area contributed by atoms with Crippen LogP contribution in [0.1, 0.15) is 0 Å². The number of benzene rings is 10. The molecule has 3 heterocycles. The molecule has 3 aromatic heterocycles. The van der Waals surface area contributed by atoms with Crippen molar-refractivity contribution in [2.75, 3.05) is 0 Å². The summed E-state index contributed by atoms with van der Waals surface area (Å²) in [5.74, 6) is 1.91. The second kappa shape index (κ2) is 12.9. The van der Waals surface area contributed by atoms with E-state index in [0.717, 1.165) is 55.0 Å². The zero-order valence-corrected chi connectivity index (χ0v) is 33.0. The average Bonchev–Trinajstić information content (AvgIpc) is 3.85. The molecular weight excluding hydrogens is 749 g/mol. The number of hydrogen-bond acceptors (Lipinski definition) is 4.